The van der Waals surface area contributed by atoms with Crippen LogP contribution < -0.4 is 4.31 Å². The largest absolute Gasteiger partial charge is 0.506 e. The van der Waals surface area contributed by atoms with Crippen LogP contribution in [-0.2, 0) is 16.6 Å². The van der Waals surface area contributed by atoms with Gasteiger partial charge < -0.3 is 5.11 Å². The van der Waals surface area contributed by atoms with Crippen molar-refractivity contribution in [1.29, 1.82) is 0 Å². The van der Waals surface area contributed by atoms with E-state index in [1.807, 2.05) is 6.07 Å². The molecule has 1 aromatic carbocycles. The molecule has 0 atom stereocenters. The Hall–Kier alpha value is -1.27. The molecule has 0 fully saturated rings. The van der Waals surface area contributed by atoms with E-state index in [0.29, 0.717) is 12.2 Å². The van der Waals surface area contributed by atoms with E-state index >= 15 is 0 Å². The third-order valence-corrected chi connectivity index (χ3v) is 4.74. The van der Waals surface area contributed by atoms with E-state index < -0.39 is 10.2 Å². The Bertz CT molecular complexity index is 526. The van der Waals surface area contributed by atoms with Gasteiger partial charge >= 0.3 is 10.2 Å². The minimum Gasteiger partial charge on any atom is -0.506 e. The summed E-state index contributed by atoms with van der Waals surface area (Å²) in [5, 5.41) is 9.85. The molecule has 1 aromatic rings. The lowest BCUT2D eigenvalue weighted by Gasteiger charge is -2.32. The van der Waals surface area contributed by atoms with Crippen LogP contribution in [0.25, 0.3) is 0 Å². The van der Waals surface area contributed by atoms with Crippen molar-refractivity contribution in [3.05, 3.63) is 23.8 Å². The molecule has 94 valence electrons. The molecule has 1 heterocycles. The quantitative estimate of drug-likeness (QED) is 0.857. The van der Waals surface area contributed by atoms with Crippen molar-refractivity contribution >= 4 is 15.9 Å². The summed E-state index contributed by atoms with van der Waals surface area (Å²) in [6, 6.07) is 5.11. The summed E-state index contributed by atoms with van der Waals surface area (Å²) in [6.07, 6.45) is 1.56. The Balaban J connectivity index is 2.56. The summed E-state index contributed by atoms with van der Waals surface area (Å²) in [4.78, 5) is 0. The summed E-state index contributed by atoms with van der Waals surface area (Å²) in [6.45, 7) is 0.408. The summed E-state index contributed by atoms with van der Waals surface area (Å²) in [7, 11) is -0.550. The van der Waals surface area contributed by atoms with Gasteiger partial charge in [0.15, 0.2) is 0 Å². The van der Waals surface area contributed by atoms with Crippen LogP contribution >= 0.6 is 0 Å². The van der Waals surface area contributed by atoms with Gasteiger partial charge in [-0.2, -0.15) is 12.7 Å². The number of aromatic hydroxyl groups is 1. The highest BCUT2D eigenvalue weighted by molar-refractivity contribution is 7.90. The highest BCUT2D eigenvalue weighted by Crippen LogP contribution is 2.37. The van der Waals surface area contributed by atoms with E-state index in [2.05, 4.69) is 0 Å². The molecule has 0 saturated carbocycles. The molecule has 0 unspecified atom stereocenters. The summed E-state index contributed by atoms with van der Waals surface area (Å²) < 4.78 is 26.7. The number of anilines is 1. The van der Waals surface area contributed by atoms with Crippen molar-refractivity contribution in [3.63, 3.8) is 0 Å². The maximum Gasteiger partial charge on any atom is 0.303 e. The fraction of sp³-hybridized carbons (Fsp3) is 0.455. The van der Waals surface area contributed by atoms with Crippen LogP contribution in [0.1, 0.15) is 12.0 Å². The van der Waals surface area contributed by atoms with Gasteiger partial charge in [-0.25, -0.2) is 0 Å². The summed E-state index contributed by atoms with van der Waals surface area (Å²) in [5.41, 5.74) is 1.30. The number of nitrogens with zero attached hydrogens (tertiary/aromatic N) is 2. The molecule has 1 N–H and O–H groups in total. The zero-order valence-electron chi connectivity index (χ0n) is 9.92. The second kappa shape index (κ2) is 4.19. The van der Waals surface area contributed by atoms with E-state index in [0.717, 1.165) is 22.7 Å². The molecule has 17 heavy (non-hydrogen) atoms. The van der Waals surface area contributed by atoms with Crippen LogP contribution in [-0.4, -0.2) is 38.5 Å². The van der Waals surface area contributed by atoms with Crippen molar-refractivity contribution in [2.75, 3.05) is 24.9 Å². The Morgan fingerprint density at radius 2 is 2.06 bits per heavy atom. The van der Waals surface area contributed by atoms with Crippen LogP contribution in [0, 0.1) is 0 Å². The lowest BCUT2D eigenvalue weighted by molar-refractivity contribution is 0.469. The van der Waals surface area contributed by atoms with Gasteiger partial charge in [0, 0.05) is 20.6 Å². The first kappa shape index (κ1) is 12.2. The molecule has 0 amide bonds. The molecule has 2 rings (SSSR count). The molecule has 6 heteroatoms. The first-order chi connectivity index (χ1) is 7.94. The molecule has 0 aliphatic carbocycles. The van der Waals surface area contributed by atoms with E-state index in [1.165, 1.54) is 24.5 Å². The molecule has 5 nitrogen and oxygen atoms in total. The lowest BCUT2D eigenvalue weighted by Crippen LogP contribution is -2.42. The molecule has 0 radical (unpaired) electrons. The molecule has 1 aliphatic heterocycles. The number of fused-ring (bicyclic) bond motifs is 1. The average molecular weight is 256 g/mol. The smallest absolute Gasteiger partial charge is 0.303 e. The van der Waals surface area contributed by atoms with E-state index in [4.69, 9.17) is 0 Å². The second-order valence-corrected chi connectivity index (χ2v) is 6.32. The van der Waals surface area contributed by atoms with E-state index in [-0.39, 0.29) is 5.75 Å². The van der Waals surface area contributed by atoms with Gasteiger partial charge in [-0.05, 0) is 24.5 Å². The summed E-state index contributed by atoms with van der Waals surface area (Å²) in [5.74, 6) is 0.0209. The lowest BCUT2D eigenvalue weighted by atomic mass is 10.0. The highest BCUT2D eigenvalue weighted by Gasteiger charge is 2.31. The second-order valence-electron chi connectivity index (χ2n) is 4.25. The monoisotopic (exact) mass is 256 g/mol. The number of rotatable bonds is 2. The number of hydrogen-bond acceptors (Lipinski definition) is 3. The fourth-order valence-corrected chi connectivity index (χ4v) is 3.22. The van der Waals surface area contributed by atoms with Crippen LogP contribution in [0.2, 0.25) is 0 Å². The molecular formula is C11H16N2O3S. The topological polar surface area (TPSA) is 60.9 Å². The Morgan fingerprint density at radius 1 is 1.35 bits per heavy atom. The molecule has 1 aliphatic rings. The van der Waals surface area contributed by atoms with Crippen molar-refractivity contribution in [2.24, 2.45) is 0 Å². The van der Waals surface area contributed by atoms with Crippen molar-refractivity contribution in [1.82, 2.24) is 4.31 Å². The third-order valence-electron chi connectivity index (χ3n) is 2.89. The zero-order chi connectivity index (χ0) is 12.6. The van der Waals surface area contributed by atoms with Gasteiger partial charge in [0.25, 0.3) is 0 Å². The van der Waals surface area contributed by atoms with Crippen LogP contribution in [0.15, 0.2) is 18.2 Å². The van der Waals surface area contributed by atoms with Crippen molar-refractivity contribution < 1.29 is 13.5 Å². The maximum absolute atomic E-state index is 12.1. The van der Waals surface area contributed by atoms with Gasteiger partial charge in [-0.1, -0.05) is 12.1 Å². The van der Waals surface area contributed by atoms with Crippen molar-refractivity contribution in [2.45, 2.75) is 12.8 Å². The Morgan fingerprint density at radius 3 is 2.71 bits per heavy atom. The van der Waals surface area contributed by atoms with Gasteiger partial charge in [-0.3, -0.25) is 4.31 Å². The van der Waals surface area contributed by atoms with Gasteiger partial charge in [0.1, 0.15) is 5.75 Å². The number of para-hydroxylation sites is 1. The zero-order valence-corrected chi connectivity index (χ0v) is 10.7. The SMILES string of the molecule is CN(C)S(=O)(=O)N1CCCc2cccc(O)c21. The predicted molar refractivity (Wildman–Crippen MR) is 66.4 cm³/mol. The minimum atomic E-state index is -3.53. The number of phenols is 1. The first-order valence-corrected chi connectivity index (χ1v) is 6.85. The highest BCUT2D eigenvalue weighted by atomic mass is 32.2. The fourth-order valence-electron chi connectivity index (χ4n) is 2.02. The molecule has 0 spiro atoms. The van der Waals surface area contributed by atoms with Crippen LogP contribution in [0.5, 0.6) is 5.75 Å². The standard InChI is InChI=1S/C11H16N2O3S/c1-12(2)17(15,16)13-8-4-6-9-5-3-7-10(14)11(9)13/h3,5,7,14H,4,6,8H2,1-2H3. The Kier molecular flexibility index (Phi) is 3.01. The first-order valence-electron chi connectivity index (χ1n) is 5.45. The molecule has 0 bridgehead atoms. The average Bonchev–Trinajstić information content (AvgIpc) is 2.28. The van der Waals surface area contributed by atoms with Gasteiger partial charge in [-0.15, -0.1) is 0 Å². The van der Waals surface area contributed by atoms with E-state index in [1.54, 1.807) is 6.07 Å². The molecular weight excluding hydrogens is 240 g/mol. The number of phenolic OH excluding ortho intramolecular Hbond substituents is 1. The molecule has 0 saturated heterocycles. The normalized spacial score (nSPS) is 16.1. The Labute approximate surface area is 101 Å². The number of hydrogen-bond donors (Lipinski definition) is 1. The van der Waals surface area contributed by atoms with Crippen LogP contribution in [0.3, 0.4) is 0 Å². The van der Waals surface area contributed by atoms with Gasteiger partial charge in [0.05, 0.1) is 5.69 Å². The van der Waals surface area contributed by atoms with Gasteiger partial charge in [0.2, 0.25) is 0 Å². The van der Waals surface area contributed by atoms with Crippen LogP contribution in [0.4, 0.5) is 5.69 Å². The maximum atomic E-state index is 12.1. The van der Waals surface area contributed by atoms with E-state index in [9.17, 15) is 13.5 Å². The number of aryl methyl sites for hydroxylation is 1. The molecule has 0 aromatic heterocycles. The van der Waals surface area contributed by atoms with Crippen molar-refractivity contribution in [3.8, 4) is 5.75 Å². The minimum absolute atomic E-state index is 0.0209. The number of benzene rings is 1. The summed E-state index contributed by atoms with van der Waals surface area (Å²) >= 11 is 0. The predicted octanol–water partition coefficient (Wildman–Crippen LogP) is 0.951. The third kappa shape index (κ3) is 1.98.